The van der Waals surface area contributed by atoms with E-state index in [0.717, 1.165) is 65.4 Å². The zero-order chi connectivity index (χ0) is 52.8. The van der Waals surface area contributed by atoms with Crippen LogP contribution in [-0.2, 0) is 35.9 Å². The molecular weight excluding hydrogens is 1220 g/mol. The van der Waals surface area contributed by atoms with Crippen molar-refractivity contribution in [2.75, 3.05) is 11.5 Å². The van der Waals surface area contributed by atoms with Crippen molar-refractivity contribution < 1.29 is 7.67 Å². The van der Waals surface area contributed by atoms with E-state index in [0.29, 0.717) is 11.4 Å². The molecule has 10 aromatic heterocycles. The summed E-state index contributed by atoms with van der Waals surface area (Å²) in [6.45, 7) is 0. The Kier molecular flexibility index (Phi) is 11.2. The van der Waals surface area contributed by atoms with Gasteiger partial charge in [-0.3, -0.25) is 0 Å². The second-order valence-corrected chi connectivity index (χ2v) is 25.5. The van der Waals surface area contributed by atoms with Gasteiger partial charge in [-0.1, -0.05) is 36.4 Å². The molecule has 17 rings (SSSR count). The van der Waals surface area contributed by atoms with E-state index >= 15 is 0 Å². The molecule has 0 aliphatic carbocycles. The number of thiophene rings is 4. The van der Waals surface area contributed by atoms with Gasteiger partial charge in [-0.2, -0.15) is 8.75 Å². The molecule has 0 unspecified atom stereocenters. The van der Waals surface area contributed by atoms with Crippen LogP contribution in [0.25, 0.3) is 148 Å². The summed E-state index contributed by atoms with van der Waals surface area (Å²) >= 11 is 7.77. The Morgan fingerprint density at radius 1 is 0.397 bits per heavy atom. The third kappa shape index (κ3) is 6.85. The number of rotatable bonds is 4. The van der Waals surface area contributed by atoms with E-state index in [1.54, 1.807) is 22.7 Å². The number of anilines is 2. The SMILES string of the molecule is Cn1c2ccccc2c2sc(-c3c(N)c(N)c(-c4cc5c(s4)c4ccccc4n5C)c4nsnc34)cc21.Cn1c2ccccc2c2sc(-c3c4c(c(-c5cc6c(s5)c5ccccc5n6C)c5nsnc35)N=[Se]=N4)cc21.O=[Se]=O. The molecule has 1 aliphatic heterocycles. The number of hydrogen-bond donors (Lipinski definition) is 2. The quantitative estimate of drug-likeness (QED) is 0.129. The molecule has 11 heterocycles. The molecule has 380 valence electrons. The normalized spacial score (nSPS) is 12.4. The number of aromatic nitrogens is 8. The van der Waals surface area contributed by atoms with Gasteiger partial charge in [-0.15, -0.1) is 22.7 Å². The summed E-state index contributed by atoms with van der Waals surface area (Å²) in [5.74, 6) is 0. The average molecular weight is 1260 g/mol. The van der Waals surface area contributed by atoms with Crippen molar-refractivity contribution in [2.45, 2.75) is 0 Å². The van der Waals surface area contributed by atoms with Gasteiger partial charge >= 0.3 is 258 Å². The molecule has 0 radical (unpaired) electrons. The second kappa shape index (κ2) is 18.2. The van der Waals surface area contributed by atoms with Crippen molar-refractivity contribution in [3.63, 3.8) is 0 Å². The third-order valence-electron chi connectivity index (χ3n) is 15.0. The van der Waals surface area contributed by atoms with Gasteiger partial charge in [-0.05, 0) is 24.3 Å². The zero-order valence-corrected chi connectivity index (χ0v) is 49.6. The molecule has 0 spiro atoms. The maximum atomic E-state index is 8.44. The van der Waals surface area contributed by atoms with Gasteiger partial charge in [0.25, 0.3) is 0 Å². The van der Waals surface area contributed by atoms with Crippen molar-refractivity contribution in [3.8, 4) is 41.8 Å². The van der Waals surface area contributed by atoms with Crippen LogP contribution in [0.15, 0.2) is 129 Å². The summed E-state index contributed by atoms with van der Waals surface area (Å²) in [4.78, 5) is 4.47. The van der Waals surface area contributed by atoms with E-state index in [9.17, 15) is 0 Å². The number of nitrogens with zero attached hydrogens (tertiary/aromatic N) is 10. The fraction of sp³-hybridized carbons (Fsp3) is 0.0714. The number of benzene rings is 6. The number of fused-ring (bicyclic) bond motifs is 15. The van der Waals surface area contributed by atoms with Crippen molar-refractivity contribution in [2.24, 2.45) is 36.1 Å². The number of nitrogen functional groups attached to an aromatic ring is 2. The number of hydrogen-bond acceptors (Lipinski definition) is 16. The van der Waals surface area contributed by atoms with Crippen LogP contribution in [-0.4, -0.2) is 65.2 Å². The number of para-hydroxylation sites is 4. The second-order valence-electron chi connectivity index (χ2n) is 18.9. The molecule has 0 amide bonds. The van der Waals surface area contributed by atoms with Gasteiger partial charge in [-0.25, -0.2) is 0 Å². The maximum absolute atomic E-state index is 8.44. The summed E-state index contributed by atoms with van der Waals surface area (Å²) in [6, 6.07) is 43.2. The molecule has 0 saturated carbocycles. The molecule has 0 fully saturated rings. The number of aryl methyl sites for hydroxylation is 4. The van der Waals surface area contributed by atoms with Crippen LogP contribution >= 0.6 is 68.8 Å². The molecule has 16 aromatic rings. The van der Waals surface area contributed by atoms with Crippen LogP contribution < -0.4 is 11.5 Å². The molecule has 4 N–H and O–H groups in total. The Hall–Kier alpha value is -7.20. The van der Waals surface area contributed by atoms with Gasteiger partial charge < -0.3 is 20.6 Å². The van der Waals surface area contributed by atoms with Crippen molar-refractivity contribution in [3.05, 3.63) is 121 Å². The predicted molar refractivity (Wildman–Crippen MR) is 330 cm³/mol. The molecule has 0 saturated heterocycles. The molecule has 0 bridgehead atoms. The first kappa shape index (κ1) is 48.0. The van der Waals surface area contributed by atoms with Crippen LogP contribution in [0.5, 0.6) is 0 Å². The van der Waals surface area contributed by atoms with E-state index in [4.69, 9.17) is 44.6 Å². The first-order valence-electron chi connectivity index (χ1n) is 24.2. The first-order chi connectivity index (χ1) is 38.1. The van der Waals surface area contributed by atoms with Gasteiger partial charge in [0, 0.05) is 56.8 Å². The molecule has 78 heavy (non-hydrogen) atoms. The van der Waals surface area contributed by atoms with Crippen LogP contribution in [0.4, 0.5) is 22.7 Å². The predicted octanol–water partition coefficient (Wildman–Crippen LogP) is 15.8. The first-order valence-corrected chi connectivity index (χ1v) is 31.8. The Labute approximate surface area is 477 Å². The molecule has 6 aromatic carbocycles. The van der Waals surface area contributed by atoms with Gasteiger partial charge in [0.15, 0.2) is 0 Å². The average Bonchev–Trinajstić information content (AvgIpc) is 4.50. The zero-order valence-electron chi connectivity index (χ0n) is 41.3. The van der Waals surface area contributed by atoms with Crippen molar-refractivity contribution in [1.82, 2.24) is 35.8 Å². The standard InChI is InChI=1S/C28H16N6S3Se.C28H20N6S3.O2Se/c1-33-15-9-5-3-7-13(15)27-17(33)11-19(35-27)21-23-24(30-37-29-23)22(26-25(21)31-38-32-26)20-12-18-28(36-20)14-8-4-6-10-16(14)34(18)2;1-33-15-9-5-3-7-13(15)27-17(33)11-19(35-27)21-23(29)24(30)22(26-25(21)31-37-32-26)20-12-18-28(36-20)14-8-4-6-10-16(14)34(18)2;1-3-2/h3-12H,1-2H3;3-12H,29-30H2,1-2H3;. The van der Waals surface area contributed by atoms with E-state index < -0.39 is 14.8 Å². The fourth-order valence-electron chi connectivity index (χ4n) is 11.4. The van der Waals surface area contributed by atoms with Gasteiger partial charge in [0.1, 0.15) is 11.0 Å². The number of nitrogens with two attached hydrogens (primary N) is 2. The molecular formula is C56H36N12O2S6Se2. The molecule has 14 nitrogen and oxygen atoms in total. The van der Waals surface area contributed by atoms with E-state index in [-0.39, 0.29) is 14.6 Å². The van der Waals surface area contributed by atoms with Crippen LogP contribution in [0.3, 0.4) is 0 Å². The van der Waals surface area contributed by atoms with Crippen LogP contribution in [0, 0.1) is 0 Å². The van der Waals surface area contributed by atoms with Crippen LogP contribution in [0.1, 0.15) is 0 Å². The van der Waals surface area contributed by atoms with Gasteiger partial charge in [0.2, 0.25) is 0 Å². The van der Waals surface area contributed by atoms with Crippen molar-refractivity contribution >= 4 is 227 Å². The molecule has 1 aliphatic rings. The molecule has 22 heteroatoms. The summed E-state index contributed by atoms with van der Waals surface area (Å²) < 4.78 is 60.0. The topological polar surface area (TPSA) is 182 Å². The minimum atomic E-state index is -1.62. The molecule has 0 atom stereocenters. The third-order valence-corrected chi connectivity index (χ3v) is 21.9. The fourth-order valence-corrected chi connectivity index (χ4v) is 18.8. The summed E-state index contributed by atoms with van der Waals surface area (Å²) in [6.07, 6.45) is 0. The Balaban J connectivity index is 0.000000129. The van der Waals surface area contributed by atoms with E-state index in [2.05, 4.69) is 168 Å². The van der Waals surface area contributed by atoms with E-state index in [1.807, 2.05) is 22.7 Å². The Morgan fingerprint density at radius 2 is 0.654 bits per heavy atom. The summed E-state index contributed by atoms with van der Waals surface area (Å²) in [5.41, 5.74) is 33.9. The summed E-state index contributed by atoms with van der Waals surface area (Å²) in [5, 5.41) is 5.05. The minimum absolute atomic E-state index is 0.180. The summed E-state index contributed by atoms with van der Waals surface area (Å²) in [7, 11) is 8.49. The van der Waals surface area contributed by atoms with Crippen LogP contribution in [0.2, 0.25) is 0 Å². The van der Waals surface area contributed by atoms with E-state index in [1.165, 1.54) is 118 Å². The monoisotopic (exact) mass is 1260 g/mol. The van der Waals surface area contributed by atoms with Gasteiger partial charge in [0.05, 0.1) is 43.5 Å². The van der Waals surface area contributed by atoms with Crippen molar-refractivity contribution in [1.29, 1.82) is 0 Å². The Morgan fingerprint density at radius 3 is 0.949 bits per heavy atom. The Bertz CT molecular complexity index is 5040.